The third-order valence-electron chi connectivity index (χ3n) is 8.67. The first-order chi connectivity index (χ1) is 31.0. The van der Waals surface area contributed by atoms with Crippen molar-refractivity contribution < 1.29 is 0 Å². The Morgan fingerprint density at radius 1 is 0.143 bits per heavy atom. The lowest BCUT2D eigenvalue weighted by atomic mass is 10.4. The summed E-state index contributed by atoms with van der Waals surface area (Å²) < 4.78 is 19.1. The van der Waals surface area contributed by atoms with Crippen LogP contribution in [0.1, 0.15) is 0 Å². The molecule has 0 aromatic carbocycles. The summed E-state index contributed by atoms with van der Waals surface area (Å²) in [4.78, 5) is 0. The summed E-state index contributed by atoms with van der Waals surface area (Å²) in [6.07, 6.45) is 0. The topological polar surface area (TPSA) is 0 Å². The van der Waals surface area contributed by atoms with E-state index in [0.717, 1.165) is 84.6 Å². The smallest absolute Gasteiger partial charge is 0.0785 e. The lowest BCUT2D eigenvalue weighted by Crippen LogP contribution is -1.44. The van der Waals surface area contributed by atoms with Crippen molar-refractivity contribution in [1.82, 2.24) is 0 Å². The van der Waals surface area contributed by atoms with Crippen LogP contribution in [0, 0.1) is 72.8 Å². The molecule has 0 aliphatic carbocycles. The van der Waals surface area contributed by atoms with Gasteiger partial charge in [-0.2, -0.15) is 0 Å². The molecule has 0 spiro atoms. The molecule has 0 saturated heterocycles. The van der Waals surface area contributed by atoms with E-state index >= 15 is 0 Å². The highest BCUT2D eigenvalue weighted by molar-refractivity contribution is 7.26. The summed E-state index contributed by atoms with van der Waals surface area (Å²) in [5.41, 5.74) is 0. The predicted octanol–water partition coefficient (Wildman–Crippen LogP) is 18.7. The van der Waals surface area contributed by atoms with Gasteiger partial charge in [0.05, 0.1) is 56.4 Å². The average Bonchev–Trinajstić information content (AvgIpc) is 4.15. The Kier molecular flexibility index (Phi) is 12.7. The Morgan fingerprint density at radius 2 is 0.254 bits per heavy atom. The molecule has 294 valence electrons. The number of rotatable bonds is 0. The summed E-state index contributed by atoms with van der Waals surface area (Å²) in [7, 11) is 0. The first kappa shape index (κ1) is 40.9. The summed E-state index contributed by atoms with van der Waals surface area (Å²) >= 11 is 15.0. The van der Waals surface area contributed by atoms with Crippen LogP contribution >= 0.6 is 102 Å². The second-order valence-corrected chi connectivity index (χ2v) is 23.1. The van der Waals surface area contributed by atoms with Crippen LogP contribution in [0.25, 0.3) is 84.6 Å². The SMILES string of the molecule is c1c2ccc(c#cc3ccc(ccc4ccc(c#cc5ccc(c#cc6ccc(ccc7ccc(c#cc8ccc(c#cc9ccc(ccc%10ccc(c#1)s%10)s9)s8)s7)s6)s5)s4)s3)s2. The third-order valence-corrected chi connectivity index (χ3v) is 17.2. The molecule has 0 radical (unpaired) electrons. The molecule has 0 amide bonds. The monoisotopic (exact) mass is 960 g/mol. The second kappa shape index (κ2) is 19.5. The second-order valence-electron chi connectivity index (χ2n) is 13.2. The van der Waals surface area contributed by atoms with Gasteiger partial charge in [-0.15, -0.1) is 102 Å². The lowest BCUT2D eigenvalue weighted by molar-refractivity contribution is 2.00. The van der Waals surface area contributed by atoms with E-state index in [1.165, 1.54) is 0 Å². The maximum atomic E-state index is 3.34. The minimum absolute atomic E-state index is 1.00. The van der Waals surface area contributed by atoms with E-state index in [9.17, 15) is 0 Å². The molecule has 0 aliphatic heterocycles. The molecule has 10 aromatic rings. The van der Waals surface area contributed by atoms with Gasteiger partial charge in [-0.05, 0) is 218 Å². The first-order valence-electron chi connectivity index (χ1n) is 19.1. The Hall–Kier alpha value is -6.12. The van der Waals surface area contributed by atoms with Crippen molar-refractivity contribution in [2.24, 2.45) is 0 Å². The van der Waals surface area contributed by atoms with Gasteiger partial charge in [-0.25, -0.2) is 0 Å². The number of hydrogen-bond donors (Lipinski definition) is 0. The summed E-state index contributed by atoms with van der Waals surface area (Å²) in [5.74, 6) is 0. The minimum Gasteiger partial charge on any atom is -0.127 e. The van der Waals surface area contributed by atoms with Gasteiger partial charge in [0, 0.05) is 28.2 Å². The molecular weight excluding hydrogens is 937 g/mol. The van der Waals surface area contributed by atoms with Crippen LogP contribution in [0.2, 0.25) is 0 Å². The summed E-state index contributed by atoms with van der Waals surface area (Å²) in [5, 5.41) is 0. The van der Waals surface area contributed by atoms with Crippen molar-refractivity contribution in [2.45, 2.75) is 0 Å². The minimum atomic E-state index is 1.00. The zero-order chi connectivity index (χ0) is 42.2. The average molecular weight is 961 g/mol. The van der Waals surface area contributed by atoms with E-state index in [4.69, 9.17) is 0 Å². The van der Waals surface area contributed by atoms with E-state index in [2.05, 4.69) is 218 Å². The van der Waals surface area contributed by atoms with Gasteiger partial charge in [-0.3, -0.25) is 0 Å². The molecule has 0 saturated carbocycles. The van der Waals surface area contributed by atoms with E-state index < -0.39 is 0 Å². The van der Waals surface area contributed by atoms with Gasteiger partial charge in [0.1, 0.15) is 0 Å². The molecule has 18 bridgehead atoms. The van der Waals surface area contributed by atoms with E-state index in [1.54, 1.807) is 102 Å². The highest BCUT2D eigenvalue weighted by Gasteiger charge is 1.93. The zero-order valence-corrected chi connectivity index (χ0v) is 39.9. The Morgan fingerprint density at radius 3 is 0.413 bits per heavy atom. The molecule has 0 nitrogen and oxygen atoms in total. The van der Waals surface area contributed by atoms with Gasteiger partial charge in [0.25, 0.3) is 0 Å². The number of thiophene rings is 9. The molecular formula is C54H24S9. The standard InChI is InChI=1S/C54H24S9/c1-2-38-21-22-40-5-6-42(57-40)25-26-44-9-10-46(59-44)29-30-48-13-14-50(61-48)33-34-52-17-18-54(63-52)36-35-53-16-15-51(62-53)32-31-49-12-11-47(60-49)28-27-45-8-7-43(58-45)24-23-41-4-3-39(56-41)20-19-37(1)55-38/h1-20,29-32H. The molecule has 0 atom stereocenters. The molecule has 63 heavy (non-hydrogen) atoms. The quantitative estimate of drug-likeness (QED) is 0.142. The van der Waals surface area contributed by atoms with Crippen molar-refractivity contribution in [3.8, 4) is 0 Å². The molecule has 0 aliphatic rings. The van der Waals surface area contributed by atoms with Crippen LogP contribution in [-0.2, 0) is 0 Å². The molecule has 0 unspecified atom stereocenters. The molecule has 0 N–H and O–H groups in total. The van der Waals surface area contributed by atoms with E-state index in [-0.39, 0.29) is 0 Å². The Bertz CT molecular complexity index is 2780. The fraction of sp³-hybridized carbons (Fsp3) is 0. The van der Waals surface area contributed by atoms with Gasteiger partial charge in [0.2, 0.25) is 0 Å². The first-order valence-corrected chi connectivity index (χ1v) is 26.5. The fourth-order valence-electron chi connectivity index (χ4n) is 5.71. The van der Waals surface area contributed by atoms with Gasteiger partial charge in [-0.1, -0.05) is 0 Å². The molecule has 9 heteroatoms. The lowest BCUT2D eigenvalue weighted by Gasteiger charge is -1.74. The Labute approximate surface area is 401 Å². The maximum Gasteiger partial charge on any atom is 0.0785 e. The van der Waals surface area contributed by atoms with Crippen LogP contribution < -0.4 is 0 Å². The molecule has 10 heterocycles. The number of hydrogen-bond acceptors (Lipinski definition) is 9. The van der Waals surface area contributed by atoms with Gasteiger partial charge >= 0.3 is 0 Å². The highest BCUT2D eigenvalue weighted by atomic mass is 32.1. The molecule has 10 rings (SSSR count). The van der Waals surface area contributed by atoms with E-state index in [1.807, 2.05) is 0 Å². The van der Waals surface area contributed by atoms with Crippen LogP contribution in [0.4, 0.5) is 0 Å². The third kappa shape index (κ3) is 11.3. The molecule has 0 fully saturated rings. The van der Waals surface area contributed by atoms with Crippen molar-refractivity contribution in [2.75, 3.05) is 0 Å². The zero-order valence-electron chi connectivity index (χ0n) is 32.5. The van der Waals surface area contributed by atoms with Crippen LogP contribution in [0.5, 0.6) is 0 Å². The normalized spacial score (nSPS) is 10.1. The number of fused-ring (bicyclic) bond motifs is 18. The van der Waals surface area contributed by atoms with Crippen molar-refractivity contribution >= 4 is 187 Å². The largest absolute Gasteiger partial charge is 0.127 e. The van der Waals surface area contributed by atoms with Crippen LogP contribution in [0.15, 0.2) is 146 Å². The van der Waals surface area contributed by atoms with Crippen LogP contribution in [0.3, 0.4) is 0 Å². The van der Waals surface area contributed by atoms with Gasteiger partial charge < -0.3 is 0 Å². The summed E-state index contributed by atoms with van der Waals surface area (Å²) in [6.45, 7) is 0. The summed E-state index contributed by atoms with van der Waals surface area (Å²) in [6, 6.07) is 90.4. The predicted molar refractivity (Wildman–Crippen MR) is 283 cm³/mol. The highest BCUT2D eigenvalue weighted by Crippen LogP contribution is 2.24. The van der Waals surface area contributed by atoms with Gasteiger partial charge in [0.15, 0.2) is 0 Å². The van der Waals surface area contributed by atoms with Crippen molar-refractivity contribution in [3.63, 3.8) is 0 Å². The van der Waals surface area contributed by atoms with E-state index in [0.29, 0.717) is 0 Å². The Balaban J connectivity index is 0.975. The van der Waals surface area contributed by atoms with Crippen LogP contribution in [-0.4, -0.2) is 0 Å². The molecule has 10 aromatic heterocycles. The van der Waals surface area contributed by atoms with Crippen molar-refractivity contribution in [1.29, 1.82) is 0 Å². The van der Waals surface area contributed by atoms with Crippen molar-refractivity contribution in [3.05, 3.63) is 218 Å². The maximum absolute atomic E-state index is 3.34. The fourth-order valence-corrected chi connectivity index (χ4v) is 12.4.